The van der Waals surface area contributed by atoms with Crippen LogP contribution in [0.1, 0.15) is 13.3 Å². The van der Waals surface area contributed by atoms with Crippen LogP contribution in [0.3, 0.4) is 0 Å². The normalized spacial score (nSPS) is 11.4. The van der Waals surface area contributed by atoms with Crippen LogP contribution in [0.2, 0.25) is 0 Å². The number of hydrogen-bond acceptors (Lipinski definition) is 3. The van der Waals surface area contributed by atoms with Gasteiger partial charge in [0.15, 0.2) is 0 Å². The lowest BCUT2D eigenvalue weighted by Crippen LogP contribution is -2.19. The second-order valence-corrected chi connectivity index (χ2v) is 3.27. The van der Waals surface area contributed by atoms with Crippen molar-refractivity contribution in [2.75, 3.05) is 33.7 Å². The van der Waals surface area contributed by atoms with E-state index in [4.69, 9.17) is 0 Å². The van der Waals surface area contributed by atoms with E-state index in [0.29, 0.717) is 0 Å². The van der Waals surface area contributed by atoms with Gasteiger partial charge in [0.1, 0.15) is 0 Å². The molecular weight excluding hydrogens is 144 g/mol. The minimum Gasteiger partial charge on any atom is -0.309 e. The molecule has 0 aromatic carbocycles. The van der Waals surface area contributed by atoms with Gasteiger partial charge < -0.3 is 4.90 Å². The Balaban J connectivity index is 3.03. The summed E-state index contributed by atoms with van der Waals surface area (Å²) in [6, 6.07) is 0. The van der Waals surface area contributed by atoms with Crippen molar-refractivity contribution in [3.8, 4) is 0 Å². The zero-order chi connectivity index (χ0) is 7.98. The quantitative estimate of drug-likeness (QED) is 0.605. The van der Waals surface area contributed by atoms with Gasteiger partial charge in [0.05, 0.1) is 0 Å². The van der Waals surface area contributed by atoms with Crippen LogP contribution in [-0.2, 0) is 0 Å². The minimum atomic E-state index is 1.02. The molecule has 0 bridgehead atoms. The maximum atomic E-state index is 4.25. The van der Waals surface area contributed by atoms with Gasteiger partial charge in [-0.2, -0.15) is 0 Å². The maximum Gasteiger partial charge on any atom is 0.00990 e. The largest absolute Gasteiger partial charge is 0.309 e. The summed E-state index contributed by atoms with van der Waals surface area (Å²) in [5, 5.41) is 0. The predicted octanol–water partition coefficient (Wildman–Crippen LogP) is 1.10. The van der Waals surface area contributed by atoms with Gasteiger partial charge in [0.25, 0.3) is 0 Å². The molecule has 62 valence electrons. The summed E-state index contributed by atoms with van der Waals surface area (Å²) >= 11 is 4.25. The van der Waals surface area contributed by atoms with Gasteiger partial charge >= 0.3 is 0 Å². The van der Waals surface area contributed by atoms with Crippen LogP contribution in [0.5, 0.6) is 0 Å². The first-order chi connectivity index (χ1) is 4.66. The van der Waals surface area contributed by atoms with Crippen LogP contribution < -0.4 is 0 Å². The van der Waals surface area contributed by atoms with Crippen molar-refractivity contribution in [2.24, 2.45) is 0 Å². The molecule has 0 unspecified atom stereocenters. The van der Waals surface area contributed by atoms with E-state index in [-0.39, 0.29) is 0 Å². The Bertz CT molecular complexity index is 76.0. The summed E-state index contributed by atoms with van der Waals surface area (Å²) in [7, 11) is 4.18. The lowest BCUT2D eigenvalue weighted by molar-refractivity contribution is 0.371. The van der Waals surface area contributed by atoms with Gasteiger partial charge in [-0.15, -0.1) is 0 Å². The highest BCUT2D eigenvalue weighted by molar-refractivity contribution is 7.77. The molecule has 3 heteroatoms. The zero-order valence-electron chi connectivity index (χ0n) is 7.17. The molecule has 0 aromatic heterocycles. The number of hydrogen-bond donors (Lipinski definition) is 1. The highest BCUT2D eigenvalue weighted by atomic mass is 32.1. The first kappa shape index (κ1) is 10.3. The van der Waals surface area contributed by atoms with Gasteiger partial charge in [-0.1, -0.05) is 19.7 Å². The molecule has 0 aliphatic heterocycles. The van der Waals surface area contributed by atoms with E-state index in [1.165, 1.54) is 6.42 Å². The van der Waals surface area contributed by atoms with Crippen molar-refractivity contribution in [1.29, 1.82) is 0 Å². The lowest BCUT2D eigenvalue weighted by atomic mass is 10.4. The summed E-state index contributed by atoms with van der Waals surface area (Å²) in [5.41, 5.74) is 0. The van der Waals surface area contributed by atoms with Crippen molar-refractivity contribution in [1.82, 2.24) is 9.21 Å². The van der Waals surface area contributed by atoms with Gasteiger partial charge in [0, 0.05) is 13.1 Å². The summed E-state index contributed by atoms with van der Waals surface area (Å²) < 4.78 is 2.03. The van der Waals surface area contributed by atoms with E-state index >= 15 is 0 Å². The molecule has 0 saturated heterocycles. The first-order valence-corrected chi connectivity index (χ1v) is 4.15. The van der Waals surface area contributed by atoms with Gasteiger partial charge in [-0.05, 0) is 27.1 Å². The molecule has 0 fully saturated rings. The molecule has 0 heterocycles. The van der Waals surface area contributed by atoms with Crippen molar-refractivity contribution < 1.29 is 0 Å². The molecule has 0 rings (SSSR count). The zero-order valence-corrected chi connectivity index (χ0v) is 8.06. The van der Waals surface area contributed by atoms with E-state index < -0.39 is 0 Å². The Morgan fingerprint density at radius 3 is 2.20 bits per heavy atom. The predicted molar refractivity (Wildman–Crippen MR) is 49.4 cm³/mol. The molecule has 0 radical (unpaired) electrons. The Morgan fingerprint density at radius 1 is 1.20 bits per heavy atom. The van der Waals surface area contributed by atoms with Gasteiger partial charge in [0.2, 0.25) is 0 Å². The second-order valence-electron chi connectivity index (χ2n) is 2.70. The van der Waals surface area contributed by atoms with E-state index in [9.17, 15) is 0 Å². The van der Waals surface area contributed by atoms with Crippen molar-refractivity contribution in [3.05, 3.63) is 0 Å². The number of thiol groups is 1. The number of nitrogens with zero attached hydrogens (tertiary/aromatic N) is 2. The molecule has 10 heavy (non-hydrogen) atoms. The molecule has 0 atom stereocenters. The molecule has 2 nitrogen and oxygen atoms in total. The third-order valence-electron chi connectivity index (χ3n) is 1.39. The lowest BCUT2D eigenvalue weighted by Gasteiger charge is -2.14. The van der Waals surface area contributed by atoms with Crippen LogP contribution in [0.25, 0.3) is 0 Å². The smallest absolute Gasteiger partial charge is 0.00990 e. The van der Waals surface area contributed by atoms with Gasteiger partial charge in [-0.3, -0.25) is 4.31 Å². The highest BCUT2D eigenvalue weighted by Gasteiger charge is 1.94. The van der Waals surface area contributed by atoms with Crippen LogP contribution in [-0.4, -0.2) is 42.9 Å². The topological polar surface area (TPSA) is 6.48 Å². The third kappa shape index (κ3) is 6.39. The van der Waals surface area contributed by atoms with Crippen LogP contribution in [0.4, 0.5) is 0 Å². The Morgan fingerprint density at radius 2 is 1.80 bits per heavy atom. The van der Waals surface area contributed by atoms with Crippen LogP contribution in [0.15, 0.2) is 0 Å². The van der Waals surface area contributed by atoms with Crippen molar-refractivity contribution in [3.63, 3.8) is 0 Å². The fourth-order valence-corrected chi connectivity index (χ4v) is 0.869. The van der Waals surface area contributed by atoms with E-state index in [2.05, 4.69) is 38.7 Å². The fraction of sp³-hybridized carbons (Fsp3) is 1.00. The molecule has 0 aliphatic rings. The first-order valence-electron chi connectivity index (χ1n) is 3.75. The molecular formula is C7H18N2S. The van der Waals surface area contributed by atoms with Crippen LogP contribution >= 0.6 is 12.8 Å². The maximum absolute atomic E-state index is 4.25. The van der Waals surface area contributed by atoms with Crippen molar-refractivity contribution >= 4 is 12.8 Å². The Labute approximate surface area is 69.7 Å². The number of rotatable bonds is 5. The summed E-state index contributed by atoms with van der Waals surface area (Å²) in [5.74, 6) is 0. The summed E-state index contributed by atoms with van der Waals surface area (Å²) in [4.78, 5) is 2.19. The average Bonchev–Trinajstić information content (AvgIpc) is 1.87. The monoisotopic (exact) mass is 162 g/mol. The third-order valence-corrected chi connectivity index (χ3v) is 1.87. The molecule has 0 amide bonds. The Kier molecular flexibility index (Phi) is 6.17. The minimum absolute atomic E-state index is 1.02. The fourth-order valence-electron chi connectivity index (χ4n) is 0.728. The molecule has 0 aliphatic carbocycles. The highest BCUT2D eigenvalue weighted by Crippen LogP contribution is 1.94. The summed E-state index contributed by atoms with van der Waals surface area (Å²) in [6.45, 7) is 5.37. The van der Waals surface area contributed by atoms with Crippen molar-refractivity contribution in [2.45, 2.75) is 13.3 Å². The SMILES string of the molecule is CCN(S)CCCN(C)C. The molecule has 0 aromatic rings. The molecule has 0 N–H and O–H groups in total. The second kappa shape index (κ2) is 6.01. The van der Waals surface area contributed by atoms with Gasteiger partial charge in [-0.25, -0.2) is 0 Å². The van der Waals surface area contributed by atoms with E-state index in [0.717, 1.165) is 19.6 Å². The standard InChI is InChI=1S/C7H18N2S/c1-4-9(10)7-5-6-8(2)3/h10H,4-7H2,1-3H3. The van der Waals surface area contributed by atoms with E-state index in [1.54, 1.807) is 0 Å². The molecule has 0 saturated carbocycles. The summed E-state index contributed by atoms with van der Waals surface area (Å²) in [6.07, 6.45) is 1.20. The van der Waals surface area contributed by atoms with Crippen LogP contribution in [0, 0.1) is 0 Å². The van der Waals surface area contributed by atoms with E-state index in [1.807, 2.05) is 4.31 Å². The molecule has 0 spiro atoms. The Hall–Kier alpha value is 0.270. The average molecular weight is 162 g/mol.